The van der Waals surface area contributed by atoms with Gasteiger partial charge in [-0.1, -0.05) is 6.07 Å². The summed E-state index contributed by atoms with van der Waals surface area (Å²) in [5, 5.41) is 7.11. The van der Waals surface area contributed by atoms with Crippen molar-refractivity contribution in [2.45, 2.75) is 38.7 Å². The zero-order valence-corrected chi connectivity index (χ0v) is 16.9. The molecule has 2 aliphatic rings. The lowest BCUT2D eigenvalue weighted by Crippen LogP contribution is -2.35. The highest BCUT2D eigenvalue weighted by atomic mass is 16.7. The molecule has 2 aromatic rings. The number of nitrogens with one attached hydrogen (secondary N) is 1. The van der Waals surface area contributed by atoms with Crippen molar-refractivity contribution < 1.29 is 14.3 Å². The van der Waals surface area contributed by atoms with E-state index in [9.17, 15) is 4.79 Å². The Labute approximate surface area is 165 Å². The van der Waals surface area contributed by atoms with E-state index < -0.39 is 5.79 Å². The van der Waals surface area contributed by atoms with E-state index in [4.69, 9.17) is 9.47 Å². The van der Waals surface area contributed by atoms with Crippen LogP contribution in [0.15, 0.2) is 30.6 Å². The molecule has 150 valence electrons. The van der Waals surface area contributed by atoms with Gasteiger partial charge in [0.1, 0.15) is 5.75 Å². The number of hydrogen-bond acceptors (Lipinski definition) is 5. The second kappa shape index (κ2) is 7.22. The third kappa shape index (κ3) is 3.77. The third-order valence-corrected chi connectivity index (χ3v) is 5.59. The highest BCUT2D eigenvalue weighted by Crippen LogP contribution is 2.35. The van der Waals surface area contributed by atoms with Gasteiger partial charge in [0, 0.05) is 65.3 Å². The first-order valence-electron chi connectivity index (χ1n) is 9.72. The van der Waals surface area contributed by atoms with Crippen LogP contribution < -0.4 is 10.1 Å². The van der Waals surface area contributed by atoms with Gasteiger partial charge in [0.05, 0.1) is 18.7 Å². The molecule has 28 heavy (non-hydrogen) atoms. The molecule has 0 bridgehead atoms. The lowest BCUT2D eigenvalue weighted by molar-refractivity contribution is -0.180. The molecule has 2 atom stereocenters. The average Bonchev–Trinajstić information content (AvgIpc) is 3.27. The molecule has 1 aromatic carbocycles. The normalized spacial score (nSPS) is 23.9. The molecular formula is C21H28N4O3. The summed E-state index contributed by atoms with van der Waals surface area (Å²) in [7, 11) is 3.61. The Morgan fingerprint density at radius 2 is 2.18 bits per heavy atom. The van der Waals surface area contributed by atoms with Gasteiger partial charge in [0.15, 0.2) is 0 Å². The molecule has 0 unspecified atom stereocenters. The van der Waals surface area contributed by atoms with Crippen molar-refractivity contribution in [3.63, 3.8) is 0 Å². The third-order valence-electron chi connectivity index (χ3n) is 5.59. The number of carbonyl (C=O) groups is 1. The molecule has 1 aromatic heterocycles. The van der Waals surface area contributed by atoms with Crippen LogP contribution in [0.1, 0.15) is 36.5 Å². The highest BCUT2D eigenvalue weighted by Gasteiger charge is 2.38. The summed E-state index contributed by atoms with van der Waals surface area (Å²) in [5.74, 6) is 0.475. The fraction of sp³-hybridized carbons (Fsp3) is 0.524. The zero-order valence-electron chi connectivity index (χ0n) is 16.9. The minimum atomic E-state index is -0.582. The van der Waals surface area contributed by atoms with Gasteiger partial charge < -0.3 is 14.8 Å². The Bertz CT molecular complexity index is 876. The Morgan fingerprint density at radius 3 is 2.89 bits per heavy atom. The fourth-order valence-electron chi connectivity index (χ4n) is 4.18. The Hall–Kier alpha value is -2.38. The molecule has 1 amide bonds. The van der Waals surface area contributed by atoms with Crippen LogP contribution in [-0.4, -0.2) is 46.5 Å². The van der Waals surface area contributed by atoms with E-state index in [1.165, 1.54) is 5.56 Å². The van der Waals surface area contributed by atoms with E-state index in [1.807, 2.05) is 39.4 Å². The number of fused-ring (bicyclic) bond motifs is 1. The predicted molar refractivity (Wildman–Crippen MR) is 105 cm³/mol. The molecular weight excluding hydrogens is 356 g/mol. The molecule has 3 heterocycles. The largest absolute Gasteiger partial charge is 0.463 e. The minimum absolute atomic E-state index is 0.0701. The maximum Gasteiger partial charge on any atom is 0.224 e. The lowest BCUT2D eigenvalue weighted by atomic mass is 9.90. The van der Waals surface area contributed by atoms with Gasteiger partial charge in [-0.25, -0.2) is 0 Å². The Kier molecular flexibility index (Phi) is 4.89. The van der Waals surface area contributed by atoms with Crippen LogP contribution in [0.3, 0.4) is 0 Å². The molecule has 0 saturated carbocycles. The summed E-state index contributed by atoms with van der Waals surface area (Å²) < 4.78 is 13.4. The highest BCUT2D eigenvalue weighted by molar-refractivity contribution is 5.80. The lowest BCUT2D eigenvalue weighted by Gasteiger charge is -2.32. The average molecular weight is 384 g/mol. The van der Waals surface area contributed by atoms with E-state index in [2.05, 4.69) is 27.4 Å². The van der Waals surface area contributed by atoms with Crippen molar-refractivity contribution in [1.29, 1.82) is 0 Å². The van der Waals surface area contributed by atoms with Crippen molar-refractivity contribution in [2.24, 2.45) is 13.0 Å². The number of aromatic nitrogens is 2. The maximum atomic E-state index is 12.5. The number of ether oxygens (including phenoxy) is 2. The summed E-state index contributed by atoms with van der Waals surface area (Å²) in [6.07, 6.45) is 3.89. The van der Waals surface area contributed by atoms with Crippen molar-refractivity contribution in [1.82, 2.24) is 20.0 Å². The van der Waals surface area contributed by atoms with Crippen LogP contribution >= 0.6 is 0 Å². The van der Waals surface area contributed by atoms with Gasteiger partial charge in [-0.05, 0) is 23.3 Å². The fourth-order valence-corrected chi connectivity index (χ4v) is 4.18. The summed E-state index contributed by atoms with van der Waals surface area (Å²) >= 11 is 0. The topological polar surface area (TPSA) is 68.6 Å². The van der Waals surface area contributed by atoms with Gasteiger partial charge in [-0.2, -0.15) is 5.10 Å². The number of likely N-dealkylation sites (tertiary alicyclic amines) is 1. The van der Waals surface area contributed by atoms with Crippen LogP contribution in [0.2, 0.25) is 0 Å². The molecule has 7 heteroatoms. The standard InChI is InChI=1S/C21H28N4O3/c1-21(2)27-13-15-7-14(5-6-19(15)28-21)9-25-11-17(16-8-23-24(4)10-16)18(12-25)20(26)22-3/h5-8,10,17-18H,9,11-13H2,1-4H3,(H,22,26)/t17-,18+/m1/s1. The SMILES string of the molecule is CNC(=O)[C@H]1CN(Cc2ccc3c(c2)COC(C)(C)O3)C[C@@H]1c1cnn(C)c1. The minimum Gasteiger partial charge on any atom is -0.463 e. The van der Waals surface area contributed by atoms with Gasteiger partial charge in [-0.3, -0.25) is 14.4 Å². The van der Waals surface area contributed by atoms with E-state index in [0.29, 0.717) is 6.61 Å². The number of amides is 1. The molecule has 0 aliphatic carbocycles. The number of carbonyl (C=O) groups excluding carboxylic acids is 1. The quantitative estimate of drug-likeness (QED) is 0.874. The number of nitrogens with zero attached hydrogens (tertiary/aromatic N) is 3. The molecule has 4 rings (SSSR count). The molecule has 7 nitrogen and oxygen atoms in total. The smallest absolute Gasteiger partial charge is 0.224 e. The van der Waals surface area contributed by atoms with Crippen LogP contribution in [-0.2, 0) is 29.7 Å². The number of rotatable bonds is 4. The summed E-state index contributed by atoms with van der Waals surface area (Å²) in [5.41, 5.74) is 3.39. The van der Waals surface area contributed by atoms with Gasteiger partial charge in [0.25, 0.3) is 0 Å². The molecule has 1 saturated heterocycles. The van der Waals surface area contributed by atoms with Crippen LogP contribution in [0.25, 0.3) is 0 Å². The van der Waals surface area contributed by atoms with Gasteiger partial charge in [0.2, 0.25) is 11.7 Å². The Morgan fingerprint density at radius 1 is 1.36 bits per heavy atom. The first-order valence-corrected chi connectivity index (χ1v) is 9.72. The Balaban J connectivity index is 1.50. The summed E-state index contributed by atoms with van der Waals surface area (Å²) in [4.78, 5) is 14.8. The second-order valence-electron chi connectivity index (χ2n) is 8.20. The van der Waals surface area contributed by atoms with Crippen LogP contribution in [0.5, 0.6) is 5.75 Å². The van der Waals surface area contributed by atoms with Gasteiger partial charge in [-0.15, -0.1) is 0 Å². The van der Waals surface area contributed by atoms with E-state index in [0.717, 1.165) is 36.5 Å². The summed E-state index contributed by atoms with van der Waals surface area (Å²) in [6, 6.07) is 6.28. The number of benzene rings is 1. The maximum absolute atomic E-state index is 12.5. The zero-order chi connectivity index (χ0) is 19.9. The molecule has 1 N–H and O–H groups in total. The predicted octanol–water partition coefficient (Wildman–Crippen LogP) is 2.03. The monoisotopic (exact) mass is 384 g/mol. The van der Waals surface area contributed by atoms with Crippen LogP contribution in [0.4, 0.5) is 0 Å². The summed E-state index contributed by atoms with van der Waals surface area (Å²) in [6.45, 7) is 6.75. The van der Waals surface area contributed by atoms with Crippen molar-refractivity contribution >= 4 is 5.91 Å². The van der Waals surface area contributed by atoms with Crippen molar-refractivity contribution in [3.8, 4) is 5.75 Å². The van der Waals surface area contributed by atoms with E-state index in [1.54, 1.807) is 11.7 Å². The molecule has 1 fully saturated rings. The number of aryl methyl sites for hydroxylation is 1. The molecule has 2 aliphatic heterocycles. The molecule has 0 radical (unpaired) electrons. The number of hydrogen-bond donors (Lipinski definition) is 1. The van der Waals surface area contributed by atoms with Crippen LogP contribution in [0, 0.1) is 5.92 Å². The van der Waals surface area contributed by atoms with Gasteiger partial charge >= 0.3 is 0 Å². The van der Waals surface area contributed by atoms with Crippen molar-refractivity contribution in [2.75, 3.05) is 20.1 Å². The van der Waals surface area contributed by atoms with Crippen molar-refractivity contribution in [3.05, 3.63) is 47.3 Å². The van der Waals surface area contributed by atoms with E-state index >= 15 is 0 Å². The van der Waals surface area contributed by atoms with E-state index in [-0.39, 0.29) is 17.7 Å². The first-order chi connectivity index (χ1) is 13.3. The second-order valence-corrected chi connectivity index (χ2v) is 8.20. The molecule has 0 spiro atoms. The first kappa shape index (κ1) is 19.0.